The topological polar surface area (TPSA) is 78.4 Å². The van der Waals surface area contributed by atoms with Crippen LogP contribution in [0.4, 0.5) is 10.5 Å². The van der Waals surface area contributed by atoms with Crippen molar-refractivity contribution in [2.75, 3.05) is 11.9 Å². The molecule has 0 saturated carbocycles. The maximum Gasteiger partial charge on any atom is 0.319 e. The van der Waals surface area contributed by atoms with Crippen molar-refractivity contribution in [2.24, 2.45) is 5.92 Å². The smallest absolute Gasteiger partial charge is 0.319 e. The lowest BCUT2D eigenvalue weighted by molar-refractivity contribution is -0.137. The number of hydrogen-bond acceptors (Lipinski definition) is 2. The molecule has 0 bridgehead atoms. The summed E-state index contributed by atoms with van der Waals surface area (Å²) in [5.74, 6) is -0.947. The second-order valence-electron chi connectivity index (χ2n) is 3.90. The number of urea groups is 1. The summed E-state index contributed by atoms with van der Waals surface area (Å²) in [4.78, 5) is 21.9. The van der Waals surface area contributed by atoms with Crippen LogP contribution in [0.2, 0.25) is 0 Å². The summed E-state index contributed by atoms with van der Waals surface area (Å²) in [5.41, 5.74) is 0.705. The first-order valence-electron chi connectivity index (χ1n) is 5.39. The predicted molar refractivity (Wildman–Crippen MR) is 64.9 cm³/mol. The van der Waals surface area contributed by atoms with Crippen LogP contribution in [0.25, 0.3) is 0 Å². The second-order valence-corrected chi connectivity index (χ2v) is 3.90. The Balaban J connectivity index is 2.28. The van der Waals surface area contributed by atoms with Crippen molar-refractivity contribution in [3.05, 3.63) is 30.3 Å². The highest BCUT2D eigenvalue weighted by Gasteiger charge is 2.09. The third kappa shape index (κ3) is 5.55. The third-order valence-electron chi connectivity index (χ3n) is 2.17. The number of aliphatic carboxylic acids is 1. The van der Waals surface area contributed by atoms with Crippen LogP contribution in [-0.4, -0.2) is 23.7 Å². The van der Waals surface area contributed by atoms with Crippen molar-refractivity contribution in [1.29, 1.82) is 0 Å². The van der Waals surface area contributed by atoms with Gasteiger partial charge in [-0.3, -0.25) is 4.79 Å². The van der Waals surface area contributed by atoms with Crippen molar-refractivity contribution in [3.8, 4) is 0 Å². The van der Waals surface area contributed by atoms with E-state index in [1.54, 1.807) is 19.1 Å². The molecule has 0 spiro atoms. The Hall–Kier alpha value is -2.04. The normalized spacial score (nSPS) is 11.6. The minimum Gasteiger partial charge on any atom is -0.481 e. The molecule has 5 nitrogen and oxygen atoms in total. The Morgan fingerprint density at radius 3 is 2.53 bits per heavy atom. The molecule has 17 heavy (non-hydrogen) atoms. The summed E-state index contributed by atoms with van der Waals surface area (Å²) in [6, 6.07) is 8.73. The summed E-state index contributed by atoms with van der Waals surface area (Å²) < 4.78 is 0. The highest BCUT2D eigenvalue weighted by molar-refractivity contribution is 5.89. The fourth-order valence-corrected chi connectivity index (χ4v) is 1.33. The van der Waals surface area contributed by atoms with Gasteiger partial charge in [0.15, 0.2) is 0 Å². The van der Waals surface area contributed by atoms with Crippen LogP contribution in [-0.2, 0) is 4.79 Å². The average molecular weight is 236 g/mol. The van der Waals surface area contributed by atoms with Gasteiger partial charge in [0, 0.05) is 18.7 Å². The van der Waals surface area contributed by atoms with Crippen molar-refractivity contribution >= 4 is 17.7 Å². The fourth-order valence-electron chi connectivity index (χ4n) is 1.33. The minimum absolute atomic E-state index is 0.0472. The Morgan fingerprint density at radius 2 is 1.94 bits per heavy atom. The summed E-state index contributed by atoms with van der Waals surface area (Å²) >= 11 is 0. The van der Waals surface area contributed by atoms with Crippen LogP contribution in [0.3, 0.4) is 0 Å². The molecule has 1 unspecified atom stereocenters. The number of hydrogen-bond donors (Lipinski definition) is 3. The van der Waals surface area contributed by atoms with Gasteiger partial charge in [-0.15, -0.1) is 0 Å². The number of carbonyl (C=O) groups excluding carboxylic acids is 1. The number of rotatable bonds is 5. The molecule has 0 aliphatic carbocycles. The van der Waals surface area contributed by atoms with Gasteiger partial charge in [0.1, 0.15) is 0 Å². The minimum atomic E-state index is -0.859. The van der Waals surface area contributed by atoms with Gasteiger partial charge in [0.2, 0.25) is 0 Å². The van der Waals surface area contributed by atoms with E-state index in [0.717, 1.165) is 0 Å². The zero-order chi connectivity index (χ0) is 12.7. The Kier molecular flexibility index (Phi) is 5.00. The molecule has 0 heterocycles. The molecule has 0 radical (unpaired) electrons. The van der Waals surface area contributed by atoms with E-state index in [-0.39, 0.29) is 18.4 Å². The van der Waals surface area contributed by atoms with E-state index in [0.29, 0.717) is 12.2 Å². The van der Waals surface area contributed by atoms with Crippen LogP contribution in [0.15, 0.2) is 30.3 Å². The Bertz CT molecular complexity index is 379. The molecule has 0 fully saturated rings. The second kappa shape index (κ2) is 6.52. The van der Waals surface area contributed by atoms with Gasteiger partial charge in [-0.05, 0) is 18.1 Å². The lowest BCUT2D eigenvalue weighted by Crippen LogP contribution is -2.32. The fraction of sp³-hybridized carbons (Fsp3) is 0.333. The number of carboxylic acids is 1. The summed E-state index contributed by atoms with van der Waals surface area (Å²) in [7, 11) is 0. The van der Waals surface area contributed by atoms with Crippen molar-refractivity contribution < 1.29 is 14.7 Å². The van der Waals surface area contributed by atoms with Gasteiger partial charge in [-0.1, -0.05) is 25.1 Å². The van der Waals surface area contributed by atoms with Gasteiger partial charge < -0.3 is 15.7 Å². The summed E-state index contributed by atoms with van der Waals surface area (Å²) in [5, 5.41) is 13.8. The summed E-state index contributed by atoms with van der Waals surface area (Å²) in [6.45, 7) is 2.11. The number of nitrogens with one attached hydrogen (secondary N) is 2. The van der Waals surface area contributed by atoms with Gasteiger partial charge in [-0.25, -0.2) is 4.79 Å². The van der Waals surface area contributed by atoms with Crippen LogP contribution in [0.1, 0.15) is 13.3 Å². The molecule has 0 aliphatic heterocycles. The molecule has 1 aromatic carbocycles. The van der Waals surface area contributed by atoms with Gasteiger partial charge in [-0.2, -0.15) is 0 Å². The largest absolute Gasteiger partial charge is 0.481 e. The van der Waals surface area contributed by atoms with Crippen LogP contribution in [0, 0.1) is 5.92 Å². The number of amides is 2. The van der Waals surface area contributed by atoms with Crippen molar-refractivity contribution in [2.45, 2.75) is 13.3 Å². The Morgan fingerprint density at radius 1 is 1.29 bits per heavy atom. The zero-order valence-corrected chi connectivity index (χ0v) is 9.64. The monoisotopic (exact) mass is 236 g/mol. The average Bonchev–Trinajstić information content (AvgIpc) is 2.27. The molecule has 92 valence electrons. The highest BCUT2D eigenvalue weighted by atomic mass is 16.4. The summed E-state index contributed by atoms with van der Waals surface area (Å²) in [6.07, 6.45) is 0.0472. The van der Waals surface area contributed by atoms with E-state index in [2.05, 4.69) is 10.6 Å². The quantitative estimate of drug-likeness (QED) is 0.730. The lowest BCUT2D eigenvalue weighted by atomic mass is 10.1. The Labute approximate surface area is 99.8 Å². The lowest BCUT2D eigenvalue weighted by Gasteiger charge is -2.11. The van der Waals surface area contributed by atoms with Crippen molar-refractivity contribution in [3.63, 3.8) is 0 Å². The first-order valence-corrected chi connectivity index (χ1v) is 5.39. The molecule has 2 amide bonds. The van der Waals surface area contributed by atoms with Crippen molar-refractivity contribution in [1.82, 2.24) is 5.32 Å². The van der Waals surface area contributed by atoms with Gasteiger partial charge >= 0.3 is 12.0 Å². The third-order valence-corrected chi connectivity index (χ3v) is 2.17. The van der Waals surface area contributed by atoms with Crippen LogP contribution < -0.4 is 10.6 Å². The standard InChI is InChI=1S/C12H16N2O3/c1-9(7-11(15)16)8-13-12(17)14-10-5-3-2-4-6-10/h2-6,9H,7-8H2,1H3,(H,15,16)(H2,13,14,17). The van der Waals surface area contributed by atoms with E-state index in [1.165, 1.54) is 0 Å². The highest BCUT2D eigenvalue weighted by Crippen LogP contribution is 2.04. The number of carbonyl (C=O) groups is 2. The number of benzene rings is 1. The maximum atomic E-state index is 11.4. The molecule has 1 rings (SSSR count). The number of anilines is 1. The van der Waals surface area contributed by atoms with E-state index in [9.17, 15) is 9.59 Å². The predicted octanol–water partition coefficient (Wildman–Crippen LogP) is 1.92. The number of para-hydroxylation sites is 1. The first-order chi connectivity index (χ1) is 8.08. The van der Waals surface area contributed by atoms with E-state index in [1.807, 2.05) is 18.2 Å². The molecule has 1 atom stereocenters. The molecule has 0 saturated heterocycles. The van der Waals surface area contributed by atoms with Gasteiger partial charge in [0.25, 0.3) is 0 Å². The zero-order valence-electron chi connectivity index (χ0n) is 9.64. The van der Waals surface area contributed by atoms with E-state index < -0.39 is 5.97 Å². The van der Waals surface area contributed by atoms with Gasteiger partial charge in [0.05, 0.1) is 0 Å². The molecular formula is C12H16N2O3. The molecule has 3 N–H and O–H groups in total. The van der Waals surface area contributed by atoms with Crippen LogP contribution >= 0.6 is 0 Å². The van der Waals surface area contributed by atoms with E-state index >= 15 is 0 Å². The van der Waals surface area contributed by atoms with E-state index in [4.69, 9.17) is 5.11 Å². The molecule has 1 aromatic rings. The molecule has 0 aliphatic rings. The molecular weight excluding hydrogens is 220 g/mol. The maximum absolute atomic E-state index is 11.4. The molecule has 5 heteroatoms. The SMILES string of the molecule is CC(CNC(=O)Nc1ccccc1)CC(=O)O. The first kappa shape index (κ1) is 13.0. The number of carboxylic acid groups (broad SMARTS) is 1. The molecule has 0 aromatic heterocycles. The van der Waals surface area contributed by atoms with Crippen LogP contribution in [0.5, 0.6) is 0 Å².